The van der Waals surface area contributed by atoms with Crippen LogP contribution in [0.3, 0.4) is 0 Å². The van der Waals surface area contributed by atoms with Crippen molar-refractivity contribution in [3.05, 3.63) is 28.7 Å². The third kappa shape index (κ3) is 2.96. The van der Waals surface area contributed by atoms with Crippen molar-refractivity contribution >= 4 is 11.6 Å². The predicted molar refractivity (Wildman–Crippen MR) is 67.2 cm³/mol. The summed E-state index contributed by atoms with van der Waals surface area (Å²) >= 11 is 0. The molecular weight excluding hydrogens is 234 g/mol. The van der Waals surface area contributed by atoms with Gasteiger partial charge >= 0.3 is 0 Å². The van der Waals surface area contributed by atoms with Gasteiger partial charge in [-0.05, 0) is 30.9 Å². The number of ether oxygens (including phenoxy) is 1. The van der Waals surface area contributed by atoms with Crippen LogP contribution in [0.2, 0.25) is 0 Å². The summed E-state index contributed by atoms with van der Waals surface area (Å²) in [5, 5.41) is 2.56. The normalized spacial score (nSPS) is 18.3. The highest BCUT2D eigenvalue weighted by Gasteiger charge is 2.26. The van der Waals surface area contributed by atoms with E-state index in [1.54, 1.807) is 12.1 Å². The number of H-pyrrole nitrogens is 1. The Hall–Kier alpha value is -1.66. The zero-order valence-electron chi connectivity index (χ0n) is 10.0. The van der Waals surface area contributed by atoms with Gasteiger partial charge in [0.2, 0.25) is 5.91 Å². The molecule has 1 aromatic heterocycles. The quantitative estimate of drug-likeness (QED) is 0.708. The lowest BCUT2D eigenvalue weighted by Crippen LogP contribution is -2.44. The van der Waals surface area contributed by atoms with Gasteiger partial charge in [0, 0.05) is 19.4 Å². The zero-order chi connectivity index (χ0) is 13.0. The van der Waals surface area contributed by atoms with Gasteiger partial charge in [-0.2, -0.15) is 0 Å². The van der Waals surface area contributed by atoms with Crippen molar-refractivity contribution in [2.45, 2.75) is 18.9 Å². The van der Waals surface area contributed by atoms with Crippen molar-refractivity contribution in [1.29, 1.82) is 0 Å². The molecule has 0 bridgehead atoms. The molecule has 1 aliphatic heterocycles. The molecule has 1 saturated heterocycles. The Morgan fingerprint density at radius 3 is 2.89 bits per heavy atom. The first-order valence-electron chi connectivity index (χ1n) is 6.00. The van der Waals surface area contributed by atoms with Gasteiger partial charge in [-0.3, -0.25) is 9.59 Å². The van der Waals surface area contributed by atoms with Crippen LogP contribution in [0, 0.1) is 5.92 Å². The first-order valence-corrected chi connectivity index (χ1v) is 6.00. The minimum atomic E-state index is -0.603. The first kappa shape index (κ1) is 12.8. The van der Waals surface area contributed by atoms with Crippen LogP contribution in [0.25, 0.3) is 0 Å². The molecule has 2 rings (SSSR count). The summed E-state index contributed by atoms with van der Waals surface area (Å²) in [6, 6.07) is 2.60. The van der Waals surface area contributed by atoms with E-state index < -0.39 is 6.04 Å². The number of amides is 1. The van der Waals surface area contributed by atoms with Gasteiger partial charge in [-0.1, -0.05) is 0 Å². The molecule has 6 heteroatoms. The van der Waals surface area contributed by atoms with Crippen molar-refractivity contribution in [2.75, 3.05) is 18.5 Å². The smallest absolute Gasteiger partial charge is 0.271 e. The number of anilines is 1. The van der Waals surface area contributed by atoms with E-state index >= 15 is 0 Å². The lowest BCUT2D eigenvalue weighted by Gasteiger charge is -2.26. The molecule has 98 valence electrons. The Kier molecular flexibility index (Phi) is 4.11. The van der Waals surface area contributed by atoms with Crippen LogP contribution in [0.15, 0.2) is 23.1 Å². The maximum atomic E-state index is 11.9. The molecule has 2 heterocycles. The number of hydrogen-bond donors (Lipinski definition) is 3. The van der Waals surface area contributed by atoms with Gasteiger partial charge in [-0.15, -0.1) is 0 Å². The Morgan fingerprint density at radius 1 is 1.50 bits per heavy atom. The van der Waals surface area contributed by atoms with Gasteiger partial charge in [-0.25, -0.2) is 0 Å². The van der Waals surface area contributed by atoms with E-state index in [0.717, 1.165) is 12.8 Å². The molecule has 0 spiro atoms. The summed E-state index contributed by atoms with van der Waals surface area (Å²) in [4.78, 5) is 25.8. The zero-order valence-corrected chi connectivity index (χ0v) is 10.0. The Balaban J connectivity index is 1.99. The summed E-state index contributed by atoms with van der Waals surface area (Å²) in [5.74, 6) is -0.208. The fourth-order valence-corrected chi connectivity index (χ4v) is 2.03. The third-order valence-electron chi connectivity index (χ3n) is 3.15. The fourth-order valence-electron chi connectivity index (χ4n) is 2.03. The second kappa shape index (κ2) is 5.79. The molecular formula is C12H17N3O3. The first-order chi connectivity index (χ1) is 8.68. The molecule has 0 saturated carbocycles. The third-order valence-corrected chi connectivity index (χ3v) is 3.15. The van der Waals surface area contributed by atoms with Gasteiger partial charge in [0.1, 0.15) is 5.69 Å². The van der Waals surface area contributed by atoms with E-state index in [9.17, 15) is 9.59 Å². The standard InChI is InChI=1S/C12H17N3O3/c13-10(8-3-6-18-7-4-8)12(17)15-9-2-1-5-14-11(9)16/h1-2,5,8,10H,3-4,6-7,13H2,(H,14,16)(H,15,17). The van der Waals surface area contributed by atoms with Crippen LogP contribution < -0.4 is 16.6 Å². The van der Waals surface area contributed by atoms with E-state index in [1.165, 1.54) is 6.20 Å². The SMILES string of the molecule is NC(C(=O)Nc1ccc[nH]c1=O)C1CCOCC1. The van der Waals surface area contributed by atoms with Crippen molar-refractivity contribution in [3.63, 3.8) is 0 Å². The van der Waals surface area contributed by atoms with Crippen LogP contribution in [-0.4, -0.2) is 30.1 Å². The number of carbonyl (C=O) groups is 1. The van der Waals surface area contributed by atoms with Gasteiger partial charge in [0.25, 0.3) is 5.56 Å². The molecule has 1 unspecified atom stereocenters. The average Bonchev–Trinajstić information content (AvgIpc) is 2.41. The summed E-state index contributed by atoms with van der Waals surface area (Å²) in [5.41, 5.74) is 5.81. The molecule has 1 amide bonds. The van der Waals surface area contributed by atoms with Crippen LogP contribution in [0.4, 0.5) is 5.69 Å². The van der Waals surface area contributed by atoms with Crippen molar-refractivity contribution in [1.82, 2.24) is 4.98 Å². The highest BCUT2D eigenvalue weighted by atomic mass is 16.5. The highest BCUT2D eigenvalue weighted by molar-refractivity contribution is 5.94. The number of nitrogens with one attached hydrogen (secondary N) is 2. The number of hydrogen-bond acceptors (Lipinski definition) is 4. The van der Waals surface area contributed by atoms with E-state index in [1.807, 2.05) is 0 Å². The fraction of sp³-hybridized carbons (Fsp3) is 0.500. The number of pyridine rings is 1. The van der Waals surface area contributed by atoms with Crippen LogP contribution >= 0.6 is 0 Å². The van der Waals surface area contributed by atoms with Crippen LogP contribution in [0.1, 0.15) is 12.8 Å². The van der Waals surface area contributed by atoms with Crippen molar-refractivity contribution in [2.24, 2.45) is 11.7 Å². The Bertz CT molecular complexity index is 466. The number of rotatable bonds is 3. The molecule has 0 aromatic carbocycles. The lowest BCUT2D eigenvalue weighted by atomic mass is 9.92. The Labute approximate surface area is 105 Å². The Morgan fingerprint density at radius 2 is 2.22 bits per heavy atom. The molecule has 0 aliphatic carbocycles. The highest BCUT2D eigenvalue weighted by Crippen LogP contribution is 2.18. The second-order valence-corrected chi connectivity index (χ2v) is 4.38. The monoisotopic (exact) mass is 251 g/mol. The van der Waals surface area contributed by atoms with Gasteiger partial charge < -0.3 is 20.8 Å². The van der Waals surface area contributed by atoms with E-state index in [4.69, 9.17) is 10.5 Å². The molecule has 0 radical (unpaired) electrons. The van der Waals surface area contributed by atoms with E-state index in [0.29, 0.717) is 13.2 Å². The predicted octanol–water partition coefficient (Wildman–Crippen LogP) is 0.0673. The van der Waals surface area contributed by atoms with Crippen molar-refractivity contribution < 1.29 is 9.53 Å². The molecule has 1 fully saturated rings. The summed E-state index contributed by atoms with van der Waals surface area (Å²) in [7, 11) is 0. The van der Waals surface area contributed by atoms with Crippen LogP contribution in [-0.2, 0) is 9.53 Å². The van der Waals surface area contributed by atoms with Crippen LogP contribution in [0.5, 0.6) is 0 Å². The molecule has 4 N–H and O–H groups in total. The minimum Gasteiger partial charge on any atom is -0.381 e. The minimum absolute atomic E-state index is 0.113. The number of nitrogens with two attached hydrogens (primary N) is 1. The van der Waals surface area contributed by atoms with E-state index in [2.05, 4.69) is 10.3 Å². The topological polar surface area (TPSA) is 97.2 Å². The number of aromatic amines is 1. The maximum Gasteiger partial charge on any atom is 0.271 e. The summed E-state index contributed by atoms with van der Waals surface area (Å²) in [6.45, 7) is 1.27. The van der Waals surface area contributed by atoms with Gasteiger partial charge in [0.15, 0.2) is 0 Å². The van der Waals surface area contributed by atoms with Crippen molar-refractivity contribution in [3.8, 4) is 0 Å². The van der Waals surface area contributed by atoms with E-state index in [-0.39, 0.29) is 23.1 Å². The molecule has 1 atom stereocenters. The molecule has 1 aliphatic rings. The number of aromatic nitrogens is 1. The number of carbonyl (C=O) groups excluding carboxylic acids is 1. The molecule has 18 heavy (non-hydrogen) atoms. The molecule has 6 nitrogen and oxygen atoms in total. The maximum absolute atomic E-state index is 11.9. The summed E-state index contributed by atoms with van der Waals surface area (Å²) in [6.07, 6.45) is 3.07. The summed E-state index contributed by atoms with van der Waals surface area (Å²) < 4.78 is 5.22. The van der Waals surface area contributed by atoms with Gasteiger partial charge in [0.05, 0.1) is 6.04 Å². The second-order valence-electron chi connectivity index (χ2n) is 4.38. The molecule has 1 aromatic rings. The average molecular weight is 251 g/mol. The lowest BCUT2D eigenvalue weighted by molar-refractivity contribution is -0.119. The largest absolute Gasteiger partial charge is 0.381 e.